The second kappa shape index (κ2) is 9.37. The molecule has 1 heterocycles. The molecule has 3 N–H and O–H groups in total. The van der Waals surface area contributed by atoms with Gasteiger partial charge in [0.05, 0.1) is 24.5 Å². The molecule has 0 saturated carbocycles. The Morgan fingerprint density at radius 3 is 2.58 bits per heavy atom. The van der Waals surface area contributed by atoms with Crippen molar-refractivity contribution in [1.29, 1.82) is 0 Å². The Kier molecular flexibility index (Phi) is 7.02. The van der Waals surface area contributed by atoms with E-state index in [0.717, 1.165) is 22.3 Å². The zero-order valence-corrected chi connectivity index (χ0v) is 18.7. The minimum Gasteiger partial charge on any atom is -0.508 e. The highest BCUT2D eigenvalue weighted by Crippen LogP contribution is 2.47. The number of rotatable bonds is 7. The molecule has 168 valence electrons. The van der Waals surface area contributed by atoms with Gasteiger partial charge in [0.15, 0.2) is 0 Å². The van der Waals surface area contributed by atoms with Crippen molar-refractivity contribution in [3.05, 3.63) is 46.5 Å². The Hall–Kier alpha value is -2.44. The molecule has 6 heteroatoms. The fraction of sp³-hybridized carbons (Fsp3) is 0.520. The molecule has 0 aromatic heterocycles. The lowest BCUT2D eigenvalue weighted by molar-refractivity contribution is -0.138. The minimum atomic E-state index is -0.795. The second-order valence-electron chi connectivity index (χ2n) is 9.14. The van der Waals surface area contributed by atoms with Crippen LogP contribution < -0.4 is 0 Å². The van der Waals surface area contributed by atoms with Gasteiger partial charge in [0.2, 0.25) is 11.8 Å². The fourth-order valence-electron chi connectivity index (χ4n) is 5.09. The monoisotopic (exact) mass is 427 g/mol. The van der Waals surface area contributed by atoms with Crippen LogP contribution in [0.4, 0.5) is 0 Å². The largest absolute Gasteiger partial charge is 0.508 e. The molecule has 1 aliphatic heterocycles. The van der Waals surface area contributed by atoms with Crippen molar-refractivity contribution in [2.24, 2.45) is 23.7 Å². The van der Waals surface area contributed by atoms with Gasteiger partial charge in [-0.3, -0.25) is 14.5 Å². The Morgan fingerprint density at radius 1 is 1.26 bits per heavy atom. The Labute approximate surface area is 183 Å². The van der Waals surface area contributed by atoms with Crippen molar-refractivity contribution >= 4 is 17.9 Å². The average Bonchev–Trinajstić information content (AvgIpc) is 2.94. The van der Waals surface area contributed by atoms with Crippen LogP contribution >= 0.6 is 0 Å². The van der Waals surface area contributed by atoms with Crippen LogP contribution in [-0.2, 0) is 9.59 Å². The van der Waals surface area contributed by atoms with Crippen LogP contribution in [0, 0.1) is 23.7 Å². The number of carbonyl (C=O) groups excluding carboxylic acids is 2. The predicted octanol–water partition coefficient (Wildman–Crippen LogP) is 3.13. The Balaban J connectivity index is 1.84. The first kappa shape index (κ1) is 23.2. The molecule has 6 nitrogen and oxygen atoms in total. The van der Waals surface area contributed by atoms with Gasteiger partial charge in [-0.2, -0.15) is 0 Å². The lowest BCUT2D eigenvalue weighted by Crippen LogP contribution is -2.39. The van der Waals surface area contributed by atoms with Gasteiger partial charge in [-0.25, -0.2) is 0 Å². The molecule has 1 aromatic carbocycles. The summed E-state index contributed by atoms with van der Waals surface area (Å²) in [5, 5.41) is 31.0. The lowest BCUT2D eigenvalue weighted by Gasteiger charge is -2.38. The standard InChI is InChI=1S/C25H33NO5/c1-14(2)18-12-19-23(25(31)26(4)24(19)30)20(13-27)22(18)21(29)9-8-15(3)10-16-6-5-7-17(28)11-16/h5-7,10-11,14,19-21,23,27-29H,8-9,12-13H2,1-4H3/b15-10+/t19-,20+,21-,23-/m1/s1. The third-order valence-corrected chi connectivity index (χ3v) is 6.69. The number of aliphatic hydroxyl groups is 2. The highest BCUT2D eigenvalue weighted by Gasteiger charge is 2.53. The summed E-state index contributed by atoms with van der Waals surface area (Å²) in [6, 6.07) is 6.99. The minimum absolute atomic E-state index is 0.109. The predicted molar refractivity (Wildman–Crippen MR) is 119 cm³/mol. The van der Waals surface area contributed by atoms with Gasteiger partial charge in [-0.05, 0) is 55.4 Å². The van der Waals surface area contributed by atoms with Crippen LogP contribution in [0.1, 0.15) is 45.6 Å². The number of fused-ring (bicyclic) bond motifs is 1. The second-order valence-corrected chi connectivity index (χ2v) is 9.14. The number of aromatic hydroxyl groups is 1. The van der Waals surface area contributed by atoms with Gasteiger partial charge in [0, 0.05) is 13.0 Å². The molecule has 0 spiro atoms. The average molecular weight is 428 g/mol. The third kappa shape index (κ3) is 4.60. The molecule has 0 radical (unpaired) electrons. The number of nitrogens with zero attached hydrogens (tertiary/aromatic N) is 1. The summed E-state index contributed by atoms with van der Waals surface area (Å²) in [6.45, 7) is 5.75. The van der Waals surface area contributed by atoms with Crippen LogP contribution in [0.25, 0.3) is 6.08 Å². The first-order chi connectivity index (χ1) is 14.6. The molecule has 2 amide bonds. The molecule has 31 heavy (non-hydrogen) atoms. The number of phenols is 1. The Bertz CT molecular complexity index is 916. The summed E-state index contributed by atoms with van der Waals surface area (Å²) >= 11 is 0. The number of hydrogen-bond acceptors (Lipinski definition) is 5. The first-order valence-electron chi connectivity index (χ1n) is 10.9. The number of hydrogen-bond donors (Lipinski definition) is 3. The number of imide groups is 1. The van der Waals surface area contributed by atoms with Gasteiger partial charge < -0.3 is 15.3 Å². The summed E-state index contributed by atoms with van der Waals surface area (Å²) in [5.41, 5.74) is 3.66. The molecule has 3 rings (SSSR count). The quantitative estimate of drug-likeness (QED) is 0.459. The SMILES string of the molecule is C/C(=C\c1cccc(O)c1)CC[C@@H](O)C1=C(C(C)C)C[C@H]2C(=O)N(C)C(=O)[C@H]2[C@H]1CO. The highest BCUT2D eigenvalue weighted by atomic mass is 16.3. The number of likely N-dealkylation sites (tertiary alicyclic amines) is 1. The van der Waals surface area contributed by atoms with Crippen LogP contribution in [0.2, 0.25) is 0 Å². The summed E-state index contributed by atoms with van der Waals surface area (Å²) in [6.07, 6.45) is 2.72. The van der Waals surface area contributed by atoms with Gasteiger partial charge in [0.1, 0.15) is 5.75 Å². The lowest BCUT2D eigenvalue weighted by atomic mass is 9.66. The first-order valence-corrected chi connectivity index (χ1v) is 10.9. The van der Waals surface area contributed by atoms with E-state index in [1.807, 2.05) is 32.9 Å². The van der Waals surface area contributed by atoms with Crippen molar-refractivity contribution in [3.63, 3.8) is 0 Å². The van der Waals surface area contributed by atoms with E-state index in [-0.39, 0.29) is 30.1 Å². The number of amides is 2. The van der Waals surface area contributed by atoms with Gasteiger partial charge >= 0.3 is 0 Å². The Morgan fingerprint density at radius 2 is 1.97 bits per heavy atom. The maximum Gasteiger partial charge on any atom is 0.233 e. The molecule has 2 aliphatic rings. The third-order valence-electron chi connectivity index (χ3n) is 6.69. The molecule has 0 unspecified atom stereocenters. The molecule has 4 atom stereocenters. The zero-order chi connectivity index (χ0) is 22.9. The van der Waals surface area contributed by atoms with E-state index < -0.39 is 23.9 Å². The van der Waals surface area contributed by atoms with Crippen molar-refractivity contribution in [3.8, 4) is 5.75 Å². The molecule has 1 aliphatic carbocycles. The molecular weight excluding hydrogens is 394 g/mol. The molecule has 1 saturated heterocycles. The maximum absolute atomic E-state index is 12.7. The van der Waals surface area contributed by atoms with E-state index in [1.54, 1.807) is 18.2 Å². The van der Waals surface area contributed by atoms with Crippen LogP contribution in [-0.4, -0.2) is 51.8 Å². The smallest absolute Gasteiger partial charge is 0.233 e. The highest BCUT2D eigenvalue weighted by molar-refractivity contribution is 6.05. The molecular formula is C25H33NO5. The fourth-order valence-corrected chi connectivity index (χ4v) is 5.09. The van der Waals surface area contributed by atoms with Crippen molar-refractivity contribution in [2.45, 2.75) is 46.1 Å². The zero-order valence-electron chi connectivity index (χ0n) is 18.7. The van der Waals surface area contributed by atoms with Gasteiger partial charge in [-0.15, -0.1) is 0 Å². The molecule has 1 aromatic rings. The van der Waals surface area contributed by atoms with Gasteiger partial charge in [0.25, 0.3) is 0 Å². The number of phenolic OH excluding ortho intramolecular Hbond substituents is 1. The number of allylic oxidation sites excluding steroid dienone is 2. The van der Waals surface area contributed by atoms with Crippen molar-refractivity contribution < 1.29 is 24.9 Å². The number of carbonyl (C=O) groups is 2. The van der Waals surface area contributed by atoms with E-state index in [1.165, 1.54) is 11.9 Å². The van der Waals surface area contributed by atoms with Crippen LogP contribution in [0.3, 0.4) is 0 Å². The topological polar surface area (TPSA) is 98.1 Å². The summed E-state index contributed by atoms with van der Waals surface area (Å²) in [7, 11) is 1.50. The van der Waals surface area contributed by atoms with Crippen LogP contribution in [0.15, 0.2) is 41.0 Å². The van der Waals surface area contributed by atoms with E-state index in [2.05, 4.69) is 0 Å². The van der Waals surface area contributed by atoms with E-state index in [0.29, 0.717) is 19.3 Å². The summed E-state index contributed by atoms with van der Waals surface area (Å²) in [4.78, 5) is 26.5. The van der Waals surface area contributed by atoms with Crippen molar-refractivity contribution in [1.82, 2.24) is 4.90 Å². The normalized spacial score (nSPS) is 25.5. The molecule has 1 fully saturated rings. The number of benzene rings is 1. The van der Waals surface area contributed by atoms with Crippen LogP contribution in [0.5, 0.6) is 5.75 Å². The summed E-state index contributed by atoms with van der Waals surface area (Å²) < 4.78 is 0. The van der Waals surface area contributed by atoms with E-state index in [4.69, 9.17) is 0 Å². The van der Waals surface area contributed by atoms with Crippen molar-refractivity contribution in [2.75, 3.05) is 13.7 Å². The molecule has 0 bridgehead atoms. The summed E-state index contributed by atoms with van der Waals surface area (Å²) in [5.74, 6) is -1.72. The van der Waals surface area contributed by atoms with E-state index in [9.17, 15) is 24.9 Å². The van der Waals surface area contributed by atoms with E-state index >= 15 is 0 Å². The van der Waals surface area contributed by atoms with Gasteiger partial charge in [-0.1, -0.05) is 43.2 Å². The number of aliphatic hydroxyl groups excluding tert-OH is 2. The maximum atomic E-state index is 12.7.